The second-order valence-corrected chi connectivity index (χ2v) is 18.9. The molecule has 0 unspecified atom stereocenters. The molecule has 1 N–H and O–H groups in total. The fourth-order valence-corrected chi connectivity index (χ4v) is 13.2. The summed E-state index contributed by atoms with van der Waals surface area (Å²) >= 11 is 12.8. The van der Waals surface area contributed by atoms with Crippen molar-refractivity contribution in [2.45, 2.75) is 126 Å². The van der Waals surface area contributed by atoms with Crippen LogP contribution < -0.4 is 5.32 Å². The number of halogens is 2. The van der Waals surface area contributed by atoms with Crippen molar-refractivity contribution in [3.63, 3.8) is 0 Å². The second-order valence-electron chi connectivity index (χ2n) is 18.0. The van der Waals surface area contributed by atoms with Gasteiger partial charge in [-0.2, -0.15) is 0 Å². The van der Waals surface area contributed by atoms with E-state index in [1.54, 1.807) is 18.2 Å². The SMILES string of the molecule is CC(=O)OC[C@@]1(C)[C@@H]2CC[C@]3(C)[C@H](CC=C4[C@@H]5[C@@H](C)[C@H](C)CC[C@]5(C(=O)Nc5ccc(Cl)cc5Cl)CC[C@]43C)[C@@]2(C)C[C@@H](OC(C)=O)[C@@H]1OC(C)=O. The Morgan fingerprint density at radius 1 is 0.865 bits per heavy atom. The summed E-state index contributed by atoms with van der Waals surface area (Å²) in [7, 11) is 0. The maximum absolute atomic E-state index is 14.7. The summed E-state index contributed by atoms with van der Waals surface area (Å²) in [5, 5.41) is 4.20. The van der Waals surface area contributed by atoms with E-state index in [9.17, 15) is 19.2 Å². The monoisotopic (exact) mass is 757 g/mol. The average Bonchev–Trinajstić information content (AvgIpc) is 3.05. The van der Waals surface area contributed by atoms with Crippen molar-refractivity contribution in [1.82, 2.24) is 0 Å². The van der Waals surface area contributed by atoms with Gasteiger partial charge in [0, 0.05) is 31.2 Å². The fraction of sp³-hybridized carbons (Fsp3) is 0.714. The van der Waals surface area contributed by atoms with Gasteiger partial charge in [-0.1, -0.05) is 76.4 Å². The average molecular weight is 759 g/mol. The van der Waals surface area contributed by atoms with Crippen LogP contribution in [0.3, 0.4) is 0 Å². The van der Waals surface area contributed by atoms with Gasteiger partial charge in [0.05, 0.1) is 16.1 Å². The number of benzene rings is 1. The van der Waals surface area contributed by atoms with Gasteiger partial charge >= 0.3 is 17.9 Å². The highest BCUT2D eigenvalue weighted by atomic mass is 35.5. The van der Waals surface area contributed by atoms with Crippen LogP contribution in [0.5, 0.6) is 0 Å². The van der Waals surface area contributed by atoms with E-state index in [-0.39, 0.29) is 46.5 Å². The summed E-state index contributed by atoms with van der Waals surface area (Å²) in [4.78, 5) is 52.0. The zero-order valence-electron chi connectivity index (χ0n) is 32.3. The maximum Gasteiger partial charge on any atom is 0.303 e. The number of allylic oxidation sites excluding steroid dienone is 2. The molecule has 8 nitrogen and oxygen atoms in total. The van der Waals surface area contributed by atoms with E-state index in [0.29, 0.717) is 34.0 Å². The molecular weight excluding hydrogens is 701 g/mol. The Hall–Kier alpha value is -2.58. The number of amides is 1. The quantitative estimate of drug-likeness (QED) is 0.175. The molecule has 12 atom stereocenters. The van der Waals surface area contributed by atoms with Crippen molar-refractivity contribution >= 4 is 52.7 Å². The van der Waals surface area contributed by atoms with Crippen LogP contribution in [0.15, 0.2) is 29.8 Å². The smallest absolute Gasteiger partial charge is 0.303 e. The van der Waals surface area contributed by atoms with Crippen LogP contribution in [-0.4, -0.2) is 42.6 Å². The number of rotatable bonds is 6. The molecule has 0 radical (unpaired) electrons. The zero-order valence-corrected chi connectivity index (χ0v) is 33.8. The van der Waals surface area contributed by atoms with E-state index in [0.717, 1.165) is 44.9 Å². The van der Waals surface area contributed by atoms with Crippen LogP contribution in [0.2, 0.25) is 10.0 Å². The lowest BCUT2D eigenvalue weighted by Crippen LogP contribution is -2.69. The van der Waals surface area contributed by atoms with Crippen LogP contribution in [0.4, 0.5) is 5.69 Å². The summed E-state index contributed by atoms with van der Waals surface area (Å²) in [6.45, 7) is 18.2. The standard InChI is InChI=1S/C42H57Cl2NO7/c1-23-14-17-42(37(49)45-31-12-10-28(43)20-30(31)44)19-18-40(8)29(35(42)24(23)2)11-13-34-38(6)21-32(51-26(4)47)36(52-27(5)48)39(7,22-50-25(3)46)33(38)15-16-41(34,40)9/h10-12,20,23-24,32-36H,13-19,21-22H2,1-9H3,(H,45,49)/t23-,24+,32-,33-,34-,35+,36+,38+,39+,40-,41-,42+/m1/s1. The predicted octanol–water partition coefficient (Wildman–Crippen LogP) is 9.61. The lowest BCUT2D eigenvalue weighted by Gasteiger charge is -2.72. The normalized spacial score (nSPS) is 42.2. The van der Waals surface area contributed by atoms with Crippen molar-refractivity contribution in [2.24, 2.45) is 56.7 Å². The molecule has 0 spiro atoms. The number of hydrogen-bond acceptors (Lipinski definition) is 7. The number of anilines is 1. The second kappa shape index (κ2) is 13.6. The molecule has 5 aliphatic rings. The van der Waals surface area contributed by atoms with Crippen LogP contribution in [0.1, 0.15) is 114 Å². The number of fused-ring (bicyclic) bond motifs is 7. The van der Waals surface area contributed by atoms with E-state index in [1.807, 2.05) is 6.92 Å². The van der Waals surface area contributed by atoms with Crippen molar-refractivity contribution in [3.05, 3.63) is 39.9 Å². The highest BCUT2D eigenvalue weighted by Gasteiger charge is 2.72. The number of ether oxygens (including phenoxy) is 3. The molecule has 52 heavy (non-hydrogen) atoms. The number of carbonyl (C=O) groups excluding carboxylic acids is 4. The molecule has 0 saturated heterocycles. The lowest BCUT2D eigenvalue weighted by molar-refractivity contribution is -0.255. The van der Waals surface area contributed by atoms with E-state index < -0.39 is 40.9 Å². The first-order valence-corrected chi connectivity index (χ1v) is 19.9. The molecule has 0 heterocycles. The Morgan fingerprint density at radius 3 is 2.19 bits per heavy atom. The molecule has 4 saturated carbocycles. The van der Waals surface area contributed by atoms with Gasteiger partial charge in [-0.25, -0.2) is 0 Å². The third-order valence-electron chi connectivity index (χ3n) is 15.5. The molecule has 5 aliphatic carbocycles. The zero-order chi connectivity index (χ0) is 38.2. The Balaban J connectivity index is 1.43. The fourth-order valence-electron chi connectivity index (χ4n) is 12.8. The minimum atomic E-state index is -0.785. The van der Waals surface area contributed by atoms with Crippen molar-refractivity contribution in [2.75, 3.05) is 11.9 Å². The first kappa shape index (κ1) is 39.1. The topological polar surface area (TPSA) is 108 Å². The summed E-state index contributed by atoms with van der Waals surface area (Å²) < 4.78 is 17.8. The van der Waals surface area contributed by atoms with E-state index in [4.69, 9.17) is 37.4 Å². The Morgan fingerprint density at radius 2 is 1.56 bits per heavy atom. The van der Waals surface area contributed by atoms with Gasteiger partial charge in [0.25, 0.3) is 0 Å². The Kier molecular flexibility index (Phi) is 10.2. The first-order valence-electron chi connectivity index (χ1n) is 19.2. The minimum Gasteiger partial charge on any atom is -0.465 e. The summed E-state index contributed by atoms with van der Waals surface area (Å²) in [6.07, 6.45) is 7.63. The van der Waals surface area contributed by atoms with E-state index in [2.05, 4.69) is 46.0 Å². The molecule has 1 amide bonds. The molecule has 286 valence electrons. The lowest BCUT2D eigenvalue weighted by atomic mass is 9.33. The molecule has 0 aromatic heterocycles. The highest BCUT2D eigenvalue weighted by Crippen LogP contribution is 2.76. The molecule has 0 bridgehead atoms. The van der Waals surface area contributed by atoms with Crippen molar-refractivity contribution in [3.8, 4) is 0 Å². The van der Waals surface area contributed by atoms with Gasteiger partial charge in [0.15, 0.2) is 0 Å². The molecule has 0 aliphatic heterocycles. The van der Waals surface area contributed by atoms with Gasteiger partial charge in [-0.15, -0.1) is 0 Å². The van der Waals surface area contributed by atoms with E-state index >= 15 is 0 Å². The molecular formula is C42H57Cl2NO7. The largest absolute Gasteiger partial charge is 0.465 e. The van der Waals surface area contributed by atoms with Gasteiger partial charge in [0.2, 0.25) is 5.91 Å². The minimum absolute atomic E-state index is 0.0262. The molecule has 1 aromatic carbocycles. The van der Waals surface area contributed by atoms with Gasteiger partial charge in [-0.05, 0) is 115 Å². The summed E-state index contributed by atoms with van der Waals surface area (Å²) in [5.41, 5.74) is 0.00107. The van der Waals surface area contributed by atoms with Crippen LogP contribution in [0.25, 0.3) is 0 Å². The summed E-state index contributed by atoms with van der Waals surface area (Å²) in [6, 6.07) is 5.21. The number of hydrogen-bond donors (Lipinski definition) is 1. The Bertz CT molecular complexity index is 1680. The maximum atomic E-state index is 14.7. The predicted molar refractivity (Wildman–Crippen MR) is 202 cm³/mol. The third-order valence-corrected chi connectivity index (χ3v) is 16.1. The highest BCUT2D eigenvalue weighted by molar-refractivity contribution is 6.36. The number of nitrogens with one attached hydrogen (secondary N) is 1. The van der Waals surface area contributed by atoms with Crippen molar-refractivity contribution in [1.29, 1.82) is 0 Å². The molecule has 10 heteroatoms. The van der Waals surface area contributed by atoms with Gasteiger partial charge < -0.3 is 19.5 Å². The third kappa shape index (κ3) is 6.01. The summed E-state index contributed by atoms with van der Waals surface area (Å²) in [5.74, 6) is -0.175. The molecule has 6 rings (SSSR count). The molecule has 4 fully saturated rings. The van der Waals surface area contributed by atoms with Gasteiger partial charge in [-0.3, -0.25) is 19.2 Å². The first-order chi connectivity index (χ1) is 24.2. The number of esters is 3. The number of carbonyl (C=O) groups is 4. The van der Waals surface area contributed by atoms with Crippen LogP contribution in [0, 0.1) is 56.7 Å². The van der Waals surface area contributed by atoms with Crippen molar-refractivity contribution < 1.29 is 33.4 Å². The van der Waals surface area contributed by atoms with E-state index in [1.165, 1.54) is 26.3 Å². The molecule has 1 aromatic rings. The van der Waals surface area contributed by atoms with Crippen LogP contribution >= 0.6 is 23.2 Å². The van der Waals surface area contributed by atoms with Crippen LogP contribution in [-0.2, 0) is 33.4 Å². The Labute approximate surface area is 319 Å². The van der Waals surface area contributed by atoms with Gasteiger partial charge in [0.1, 0.15) is 18.8 Å².